The molecule has 0 bridgehead atoms. The predicted octanol–water partition coefficient (Wildman–Crippen LogP) is 3.99. The van der Waals surface area contributed by atoms with E-state index in [0.29, 0.717) is 12.0 Å². The predicted molar refractivity (Wildman–Crippen MR) is 90.7 cm³/mol. The molecule has 1 saturated heterocycles. The highest BCUT2D eigenvalue weighted by molar-refractivity contribution is 5.53. The van der Waals surface area contributed by atoms with E-state index < -0.39 is 0 Å². The average molecular weight is 289 g/mol. The van der Waals surface area contributed by atoms with Gasteiger partial charge in [-0.1, -0.05) is 27.2 Å². The third-order valence-electron chi connectivity index (χ3n) is 4.31. The fraction of sp³-hybridized carbons (Fsp3) is 0.722. The zero-order valence-corrected chi connectivity index (χ0v) is 13.9. The molecule has 3 nitrogen and oxygen atoms in total. The van der Waals surface area contributed by atoms with E-state index in [9.17, 15) is 0 Å². The Kier molecular flexibility index (Phi) is 6.50. The minimum absolute atomic E-state index is 0.693. The molecular weight excluding hydrogens is 258 g/mol. The third-order valence-corrected chi connectivity index (χ3v) is 4.31. The van der Waals surface area contributed by atoms with Crippen LogP contribution in [0.4, 0.5) is 5.69 Å². The van der Waals surface area contributed by atoms with Crippen LogP contribution >= 0.6 is 0 Å². The fourth-order valence-electron chi connectivity index (χ4n) is 3.27. The van der Waals surface area contributed by atoms with Gasteiger partial charge in [-0.25, -0.2) is 0 Å². The van der Waals surface area contributed by atoms with E-state index >= 15 is 0 Å². The van der Waals surface area contributed by atoms with Crippen molar-refractivity contribution in [2.24, 2.45) is 5.92 Å². The van der Waals surface area contributed by atoms with Crippen molar-refractivity contribution in [1.82, 2.24) is 10.3 Å². The number of aromatic nitrogens is 1. The second-order valence-electron chi connectivity index (χ2n) is 6.66. The molecular formula is C18H31N3. The van der Waals surface area contributed by atoms with Crippen molar-refractivity contribution in [2.75, 3.05) is 18.0 Å². The van der Waals surface area contributed by atoms with E-state index in [0.717, 1.165) is 13.1 Å². The molecule has 2 rings (SSSR count). The number of rotatable bonds is 7. The van der Waals surface area contributed by atoms with Crippen LogP contribution in [0.2, 0.25) is 0 Å². The summed E-state index contributed by atoms with van der Waals surface area (Å²) >= 11 is 0. The summed E-state index contributed by atoms with van der Waals surface area (Å²) in [6, 6.07) is 2.89. The van der Waals surface area contributed by atoms with Crippen molar-refractivity contribution >= 4 is 5.69 Å². The summed E-state index contributed by atoms with van der Waals surface area (Å²) in [5, 5.41) is 3.57. The van der Waals surface area contributed by atoms with Crippen molar-refractivity contribution in [1.29, 1.82) is 0 Å². The molecule has 21 heavy (non-hydrogen) atoms. The molecule has 3 heteroatoms. The van der Waals surface area contributed by atoms with Gasteiger partial charge in [-0.15, -0.1) is 0 Å². The Labute approximate surface area is 130 Å². The van der Waals surface area contributed by atoms with Gasteiger partial charge in [-0.3, -0.25) is 4.98 Å². The first-order valence-corrected chi connectivity index (χ1v) is 8.62. The number of pyridine rings is 1. The van der Waals surface area contributed by atoms with E-state index in [1.165, 1.54) is 49.9 Å². The quantitative estimate of drug-likeness (QED) is 0.822. The summed E-state index contributed by atoms with van der Waals surface area (Å²) in [5.41, 5.74) is 2.75. The summed E-state index contributed by atoms with van der Waals surface area (Å²) in [7, 11) is 0. The van der Waals surface area contributed by atoms with Gasteiger partial charge in [0, 0.05) is 25.3 Å². The summed E-state index contributed by atoms with van der Waals surface area (Å²) in [5.74, 6) is 0.693. The van der Waals surface area contributed by atoms with Crippen LogP contribution in [0.15, 0.2) is 18.5 Å². The molecule has 0 radical (unpaired) electrons. The zero-order valence-electron chi connectivity index (χ0n) is 13.9. The van der Waals surface area contributed by atoms with Crippen LogP contribution in [0, 0.1) is 5.92 Å². The first-order chi connectivity index (χ1) is 10.2. The Morgan fingerprint density at radius 1 is 1.38 bits per heavy atom. The zero-order chi connectivity index (χ0) is 15.1. The minimum atomic E-state index is 0.693. The van der Waals surface area contributed by atoms with Crippen LogP contribution in [0.3, 0.4) is 0 Å². The maximum absolute atomic E-state index is 4.39. The van der Waals surface area contributed by atoms with Crippen molar-refractivity contribution in [3.63, 3.8) is 0 Å². The van der Waals surface area contributed by atoms with E-state index in [2.05, 4.69) is 48.2 Å². The highest BCUT2D eigenvalue weighted by atomic mass is 15.2. The second kappa shape index (κ2) is 8.38. The van der Waals surface area contributed by atoms with E-state index in [4.69, 9.17) is 0 Å². The number of piperidine rings is 1. The number of hydrogen-bond acceptors (Lipinski definition) is 3. The lowest BCUT2D eigenvalue weighted by Crippen LogP contribution is -2.40. The highest BCUT2D eigenvalue weighted by Crippen LogP contribution is 2.29. The largest absolute Gasteiger partial charge is 0.367 e. The molecule has 1 aliphatic rings. The molecule has 0 aromatic carbocycles. The van der Waals surface area contributed by atoms with Crippen molar-refractivity contribution in [3.05, 3.63) is 24.0 Å². The van der Waals surface area contributed by atoms with Gasteiger partial charge in [0.15, 0.2) is 0 Å². The second-order valence-corrected chi connectivity index (χ2v) is 6.66. The van der Waals surface area contributed by atoms with Crippen molar-refractivity contribution < 1.29 is 0 Å². The summed E-state index contributed by atoms with van der Waals surface area (Å²) in [6.07, 6.45) is 10.6. The first kappa shape index (κ1) is 16.3. The fourth-order valence-corrected chi connectivity index (χ4v) is 3.27. The number of nitrogens with zero attached hydrogens (tertiary/aromatic N) is 2. The van der Waals surface area contributed by atoms with Crippen LogP contribution in [0.5, 0.6) is 0 Å². The van der Waals surface area contributed by atoms with Crippen molar-refractivity contribution in [2.45, 2.75) is 65.5 Å². The molecule has 0 amide bonds. The molecule has 0 spiro atoms. The summed E-state index contributed by atoms with van der Waals surface area (Å²) in [6.45, 7) is 10.0. The molecule has 1 N–H and O–H groups in total. The molecule has 1 aromatic heterocycles. The topological polar surface area (TPSA) is 28.2 Å². The van der Waals surface area contributed by atoms with Gasteiger partial charge in [0.25, 0.3) is 0 Å². The lowest BCUT2D eigenvalue weighted by molar-refractivity contribution is 0.433. The summed E-state index contributed by atoms with van der Waals surface area (Å²) in [4.78, 5) is 7.01. The molecule has 1 fully saturated rings. The standard InChI is InChI=1S/C18H31N3/c1-4-7-17-8-5-6-11-21(17)18-14-19-10-9-16(18)13-20-12-15(2)3/h9-10,14-15,17,20H,4-8,11-13H2,1-3H3. The number of anilines is 1. The Bertz CT molecular complexity index is 415. The lowest BCUT2D eigenvalue weighted by atomic mass is 9.97. The van der Waals surface area contributed by atoms with Gasteiger partial charge < -0.3 is 10.2 Å². The molecule has 1 aromatic rings. The monoisotopic (exact) mass is 289 g/mol. The Balaban J connectivity index is 2.09. The molecule has 1 atom stereocenters. The van der Waals surface area contributed by atoms with Gasteiger partial charge in [0.05, 0.1) is 11.9 Å². The van der Waals surface area contributed by atoms with E-state index in [1.54, 1.807) is 0 Å². The molecule has 118 valence electrons. The van der Waals surface area contributed by atoms with Crippen molar-refractivity contribution in [3.8, 4) is 0 Å². The van der Waals surface area contributed by atoms with E-state index in [1.807, 2.05) is 6.20 Å². The number of hydrogen-bond donors (Lipinski definition) is 1. The SMILES string of the molecule is CCCC1CCCCN1c1cnccc1CNCC(C)C. The summed E-state index contributed by atoms with van der Waals surface area (Å²) < 4.78 is 0. The van der Waals surface area contributed by atoms with Gasteiger partial charge in [0.1, 0.15) is 0 Å². The van der Waals surface area contributed by atoms with Gasteiger partial charge in [-0.05, 0) is 49.8 Å². The van der Waals surface area contributed by atoms with Gasteiger partial charge >= 0.3 is 0 Å². The van der Waals surface area contributed by atoms with Crippen LogP contribution in [0.25, 0.3) is 0 Å². The molecule has 0 aliphatic carbocycles. The van der Waals surface area contributed by atoms with E-state index in [-0.39, 0.29) is 0 Å². The number of nitrogens with one attached hydrogen (secondary N) is 1. The van der Waals surface area contributed by atoms with Crippen LogP contribution in [0.1, 0.15) is 58.4 Å². The van der Waals surface area contributed by atoms with Gasteiger partial charge in [-0.2, -0.15) is 0 Å². The smallest absolute Gasteiger partial charge is 0.0600 e. The Morgan fingerprint density at radius 3 is 3.00 bits per heavy atom. The molecule has 0 saturated carbocycles. The lowest BCUT2D eigenvalue weighted by Gasteiger charge is -2.38. The Morgan fingerprint density at radius 2 is 2.24 bits per heavy atom. The molecule has 2 heterocycles. The van der Waals surface area contributed by atoms with Crippen LogP contribution in [-0.4, -0.2) is 24.1 Å². The van der Waals surface area contributed by atoms with Crippen LogP contribution in [-0.2, 0) is 6.54 Å². The molecule has 1 unspecified atom stereocenters. The third kappa shape index (κ3) is 4.70. The maximum Gasteiger partial charge on any atom is 0.0600 e. The average Bonchev–Trinajstić information content (AvgIpc) is 2.48. The van der Waals surface area contributed by atoms with Gasteiger partial charge in [0.2, 0.25) is 0 Å². The minimum Gasteiger partial charge on any atom is -0.367 e. The normalized spacial score (nSPS) is 19.2. The maximum atomic E-state index is 4.39. The first-order valence-electron chi connectivity index (χ1n) is 8.62. The Hall–Kier alpha value is -1.09. The molecule has 1 aliphatic heterocycles. The highest BCUT2D eigenvalue weighted by Gasteiger charge is 2.23. The van der Waals surface area contributed by atoms with Crippen LogP contribution < -0.4 is 10.2 Å².